The Kier molecular flexibility index (Phi) is 4.16. The lowest BCUT2D eigenvalue weighted by Gasteiger charge is -2.07. The number of nitrogens with two attached hydrogens (primary N) is 1. The van der Waals surface area contributed by atoms with Gasteiger partial charge in [-0.3, -0.25) is 4.79 Å². The number of nitrogens with zero attached hydrogens (tertiary/aromatic N) is 1. The second-order valence-electron chi connectivity index (χ2n) is 4.43. The zero-order valence-corrected chi connectivity index (χ0v) is 11.7. The molecular formula is C14H17N3OS. The first kappa shape index (κ1) is 13.5. The number of fused-ring (bicyclic) bond motifs is 1. The van der Waals surface area contributed by atoms with Crippen molar-refractivity contribution in [1.82, 2.24) is 9.88 Å². The number of benzene rings is 1. The van der Waals surface area contributed by atoms with E-state index in [1.54, 1.807) is 0 Å². The van der Waals surface area contributed by atoms with Crippen LogP contribution in [0.5, 0.6) is 0 Å². The Bertz CT molecular complexity index is 618. The maximum Gasteiger partial charge on any atom is 0.239 e. The summed E-state index contributed by atoms with van der Waals surface area (Å²) in [4.78, 5) is 12.1. The molecule has 4 nitrogen and oxygen atoms in total. The minimum absolute atomic E-state index is 0.0257. The molecule has 0 fully saturated rings. The Morgan fingerprint density at radius 2 is 2.21 bits per heavy atom. The molecule has 3 N–H and O–H groups in total. The van der Waals surface area contributed by atoms with Crippen molar-refractivity contribution in [3.05, 3.63) is 36.0 Å². The number of aromatic nitrogens is 1. The number of thiocarbonyl (C=S) groups is 1. The molecular weight excluding hydrogens is 258 g/mol. The summed E-state index contributed by atoms with van der Waals surface area (Å²) in [6.45, 7) is 3.07. The van der Waals surface area contributed by atoms with Crippen molar-refractivity contribution in [3.63, 3.8) is 0 Å². The Hall–Kier alpha value is -1.88. The van der Waals surface area contributed by atoms with Gasteiger partial charge < -0.3 is 15.6 Å². The first-order valence-corrected chi connectivity index (χ1v) is 6.68. The van der Waals surface area contributed by atoms with E-state index in [1.165, 1.54) is 0 Å². The van der Waals surface area contributed by atoms with Gasteiger partial charge in [0.05, 0.1) is 0 Å². The number of carbonyl (C=O) groups excluding carboxylic acids is 1. The molecule has 19 heavy (non-hydrogen) atoms. The van der Waals surface area contributed by atoms with Crippen molar-refractivity contribution < 1.29 is 4.79 Å². The predicted octanol–water partition coefficient (Wildman–Crippen LogP) is 1.80. The maximum atomic E-state index is 11.7. The van der Waals surface area contributed by atoms with Crippen LogP contribution >= 0.6 is 12.2 Å². The van der Waals surface area contributed by atoms with Crippen LogP contribution in [0.3, 0.4) is 0 Å². The standard InChI is InChI=1S/C14H17N3OS/c1-2-6-16-13(18)9-17-7-5-10-8-11(14(15)19)3-4-12(10)17/h3-5,7-8H,2,6,9H2,1H3,(H2,15,19)(H,16,18). The van der Waals surface area contributed by atoms with Crippen LogP contribution in [0.15, 0.2) is 30.5 Å². The van der Waals surface area contributed by atoms with Gasteiger partial charge in [-0.15, -0.1) is 0 Å². The maximum absolute atomic E-state index is 11.7. The highest BCUT2D eigenvalue weighted by molar-refractivity contribution is 7.80. The van der Waals surface area contributed by atoms with Gasteiger partial charge in [0.1, 0.15) is 11.5 Å². The minimum Gasteiger partial charge on any atom is -0.389 e. The van der Waals surface area contributed by atoms with Crippen LogP contribution < -0.4 is 11.1 Å². The second kappa shape index (κ2) is 5.84. The quantitative estimate of drug-likeness (QED) is 0.818. The minimum atomic E-state index is 0.0257. The molecule has 1 aromatic carbocycles. The molecule has 0 atom stereocenters. The van der Waals surface area contributed by atoms with E-state index in [0.717, 1.165) is 22.9 Å². The van der Waals surface area contributed by atoms with Crippen molar-refractivity contribution in [2.45, 2.75) is 19.9 Å². The number of hydrogen-bond donors (Lipinski definition) is 2. The molecule has 0 radical (unpaired) electrons. The third kappa shape index (κ3) is 3.12. The molecule has 2 aromatic rings. The van der Waals surface area contributed by atoms with Crippen molar-refractivity contribution in [2.24, 2.45) is 5.73 Å². The molecule has 0 unspecified atom stereocenters. The van der Waals surface area contributed by atoms with Gasteiger partial charge >= 0.3 is 0 Å². The van der Waals surface area contributed by atoms with Crippen LogP contribution in [0.4, 0.5) is 0 Å². The number of amides is 1. The Morgan fingerprint density at radius 3 is 2.89 bits per heavy atom. The molecule has 0 saturated carbocycles. The van der Waals surface area contributed by atoms with Gasteiger partial charge in [0, 0.05) is 29.2 Å². The van der Waals surface area contributed by atoms with E-state index >= 15 is 0 Å². The van der Waals surface area contributed by atoms with Crippen molar-refractivity contribution in [1.29, 1.82) is 0 Å². The first-order chi connectivity index (χ1) is 9.11. The summed E-state index contributed by atoms with van der Waals surface area (Å²) < 4.78 is 1.92. The first-order valence-electron chi connectivity index (χ1n) is 6.27. The van der Waals surface area contributed by atoms with Crippen molar-refractivity contribution in [2.75, 3.05) is 6.54 Å². The van der Waals surface area contributed by atoms with Crippen LogP contribution in [0.25, 0.3) is 10.9 Å². The molecule has 0 bridgehead atoms. The summed E-state index contributed by atoms with van der Waals surface area (Å²) in [5.41, 5.74) is 7.46. The van der Waals surface area contributed by atoms with Gasteiger partial charge in [-0.1, -0.05) is 19.1 Å². The molecule has 0 saturated heterocycles. The van der Waals surface area contributed by atoms with Gasteiger partial charge in [-0.05, 0) is 30.7 Å². The number of hydrogen-bond acceptors (Lipinski definition) is 2. The molecule has 2 rings (SSSR count). The highest BCUT2D eigenvalue weighted by atomic mass is 32.1. The van der Waals surface area contributed by atoms with E-state index in [1.807, 2.05) is 42.0 Å². The topological polar surface area (TPSA) is 60.0 Å². The fourth-order valence-corrected chi connectivity index (χ4v) is 2.09. The molecule has 100 valence electrons. The lowest BCUT2D eigenvalue weighted by molar-refractivity contribution is -0.121. The summed E-state index contributed by atoms with van der Waals surface area (Å²) in [6, 6.07) is 7.73. The average Bonchev–Trinajstić information content (AvgIpc) is 2.78. The van der Waals surface area contributed by atoms with Crippen LogP contribution in [-0.4, -0.2) is 22.0 Å². The second-order valence-corrected chi connectivity index (χ2v) is 4.87. The van der Waals surface area contributed by atoms with Crippen LogP contribution in [0.2, 0.25) is 0 Å². The summed E-state index contributed by atoms with van der Waals surface area (Å²) in [6.07, 6.45) is 2.84. The van der Waals surface area contributed by atoms with E-state index in [-0.39, 0.29) is 5.91 Å². The largest absolute Gasteiger partial charge is 0.389 e. The van der Waals surface area contributed by atoms with Gasteiger partial charge in [-0.25, -0.2) is 0 Å². The number of carbonyl (C=O) groups is 1. The van der Waals surface area contributed by atoms with E-state index in [9.17, 15) is 4.79 Å². The molecule has 1 aromatic heterocycles. The zero-order valence-electron chi connectivity index (χ0n) is 10.8. The number of nitrogens with one attached hydrogen (secondary N) is 1. The summed E-state index contributed by atoms with van der Waals surface area (Å²) in [7, 11) is 0. The molecule has 0 aliphatic heterocycles. The fourth-order valence-electron chi connectivity index (χ4n) is 1.97. The fraction of sp³-hybridized carbons (Fsp3) is 0.286. The highest BCUT2D eigenvalue weighted by Crippen LogP contribution is 2.17. The third-order valence-electron chi connectivity index (χ3n) is 2.94. The lowest BCUT2D eigenvalue weighted by atomic mass is 10.1. The van der Waals surface area contributed by atoms with Gasteiger partial charge in [0.2, 0.25) is 5.91 Å². The average molecular weight is 275 g/mol. The van der Waals surface area contributed by atoms with Crippen molar-refractivity contribution in [3.8, 4) is 0 Å². The molecule has 5 heteroatoms. The van der Waals surface area contributed by atoms with E-state index < -0.39 is 0 Å². The smallest absolute Gasteiger partial charge is 0.239 e. The van der Waals surface area contributed by atoms with E-state index in [4.69, 9.17) is 18.0 Å². The Morgan fingerprint density at radius 1 is 1.42 bits per heavy atom. The Labute approximate surface area is 117 Å². The van der Waals surface area contributed by atoms with Crippen LogP contribution in [0.1, 0.15) is 18.9 Å². The SMILES string of the molecule is CCCNC(=O)Cn1ccc2cc(C(N)=S)ccc21. The van der Waals surface area contributed by atoms with Gasteiger partial charge in [0.25, 0.3) is 0 Å². The van der Waals surface area contributed by atoms with Gasteiger partial charge in [-0.2, -0.15) is 0 Å². The third-order valence-corrected chi connectivity index (χ3v) is 3.18. The van der Waals surface area contributed by atoms with E-state index in [0.29, 0.717) is 18.1 Å². The number of rotatable bonds is 5. The Balaban J connectivity index is 2.21. The van der Waals surface area contributed by atoms with Crippen LogP contribution in [0, 0.1) is 0 Å². The monoisotopic (exact) mass is 275 g/mol. The van der Waals surface area contributed by atoms with Gasteiger partial charge in [0.15, 0.2) is 0 Å². The summed E-state index contributed by atoms with van der Waals surface area (Å²) >= 11 is 4.96. The van der Waals surface area contributed by atoms with Crippen LogP contribution in [-0.2, 0) is 11.3 Å². The highest BCUT2D eigenvalue weighted by Gasteiger charge is 2.07. The molecule has 1 heterocycles. The molecule has 1 amide bonds. The molecule has 0 aliphatic carbocycles. The summed E-state index contributed by atoms with van der Waals surface area (Å²) in [5, 5.41) is 3.90. The normalized spacial score (nSPS) is 10.6. The van der Waals surface area contributed by atoms with E-state index in [2.05, 4.69) is 5.32 Å². The van der Waals surface area contributed by atoms with Crippen molar-refractivity contribution >= 4 is 34.0 Å². The zero-order chi connectivity index (χ0) is 13.8. The molecule has 0 aliphatic rings. The molecule has 0 spiro atoms. The predicted molar refractivity (Wildman–Crippen MR) is 81.1 cm³/mol. The lowest BCUT2D eigenvalue weighted by Crippen LogP contribution is -2.27. The summed E-state index contributed by atoms with van der Waals surface area (Å²) in [5.74, 6) is 0.0257.